The summed E-state index contributed by atoms with van der Waals surface area (Å²) in [7, 11) is 0. The molecule has 0 spiro atoms. The average Bonchev–Trinajstić information content (AvgIpc) is 2.51. The van der Waals surface area contributed by atoms with Crippen molar-refractivity contribution in [1.29, 1.82) is 0 Å². The first-order valence-electron chi connectivity index (χ1n) is 8.06. The van der Waals surface area contributed by atoms with Crippen LogP contribution in [0.2, 0.25) is 0 Å². The Balaban J connectivity index is 0.00000176. The molecule has 2 heterocycles. The number of nitrogens with zero attached hydrogens (tertiary/aromatic N) is 2. The molecule has 0 saturated carbocycles. The molecule has 0 bridgehead atoms. The summed E-state index contributed by atoms with van der Waals surface area (Å²) in [6.07, 6.45) is 2.20. The Kier molecular flexibility index (Phi) is 5.65. The molecular formula is C18H26ClN3. The second-order valence-corrected chi connectivity index (χ2v) is 6.04. The Bertz CT molecular complexity index is 648. The van der Waals surface area contributed by atoms with Crippen molar-refractivity contribution in [2.45, 2.75) is 33.6 Å². The zero-order valence-corrected chi connectivity index (χ0v) is 14.6. The van der Waals surface area contributed by atoms with Gasteiger partial charge < -0.3 is 10.2 Å². The fraction of sp³-hybridized carbons (Fsp3) is 0.500. The third kappa shape index (κ3) is 3.21. The van der Waals surface area contributed by atoms with E-state index in [0.717, 1.165) is 39.0 Å². The molecule has 1 saturated heterocycles. The molecule has 1 aliphatic heterocycles. The van der Waals surface area contributed by atoms with Gasteiger partial charge in [0.25, 0.3) is 0 Å². The third-order valence-corrected chi connectivity index (χ3v) is 4.37. The average molecular weight is 320 g/mol. The zero-order chi connectivity index (χ0) is 14.8. The van der Waals surface area contributed by atoms with Crippen LogP contribution in [0.4, 0.5) is 5.69 Å². The number of anilines is 1. The van der Waals surface area contributed by atoms with E-state index >= 15 is 0 Å². The Morgan fingerprint density at radius 2 is 1.82 bits per heavy atom. The van der Waals surface area contributed by atoms with E-state index in [1.54, 1.807) is 0 Å². The predicted molar refractivity (Wildman–Crippen MR) is 97.5 cm³/mol. The summed E-state index contributed by atoms with van der Waals surface area (Å²) in [6, 6.07) is 6.75. The van der Waals surface area contributed by atoms with Crippen LogP contribution in [0, 0.1) is 13.8 Å². The molecule has 120 valence electrons. The Morgan fingerprint density at radius 3 is 2.50 bits per heavy atom. The van der Waals surface area contributed by atoms with Crippen LogP contribution in [0.1, 0.15) is 30.2 Å². The van der Waals surface area contributed by atoms with Crippen molar-refractivity contribution in [2.75, 3.05) is 31.1 Å². The Morgan fingerprint density at radius 1 is 1.14 bits per heavy atom. The smallest absolute Gasteiger partial charge is 0.0757 e. The number of hydrogen-bond donors (Lipinski definition) is 1. The maximum Gasteiger partial charge on any atom is 0.0757 e. The number of halogens is 1. The van der Waals surface area contributed by atoms with Crippen LogP contribution in [-0.2, 0) is 6.42 Å². The lowest BCUT2D eigenvalue weighted by Gasteiger charge is -2.31. The molecule has 1 aliphatic rings. The van der Waals surface area contributed by atoms with Crippen LogP contribution in [-0.4, -0.2) is 31.2 Å². The number of hydrogen-bond acceptors (Lipinski definition) is 3. The van der Waals surface area contributed by atoms with Gasteiger partial charge in [0.1, 0.15) is 0 Å². The zero-order valence-electron chi connectivity index (χ0n) is 13.8. The normalized spacial score (nSPS) is 15.0. The molecule has 1 fully saturated rings. The Hall–Kier alpha value is -1.32. The number of piperazine rings is 1. The van der Waals surface area contributed by atoms with Gasteiger partial charge in [0.15, 0.2) is 0 Å². The minimum absolute atomic E-state index is 0. The van der Waals surface area contributed by atoms with E-state index in [4.69, 9.17) is 4.98 Å². The first-order valence-corrected chi connectivity index (χ1v) is 8.06. The van der Waals surface area contributed by atoms with E-state index in [9.17, 15) is 0 Å². The van der Waals surface area contributed by atoms with Crippen molar-refractivity contribution in [3.05, 3.63) is 35.0 Å². The monoisotopic (exact) mass is 319 g/mol. The van der Waals surface area contributed by atoms with Gasteiger partial charge in [-0.05, 0) is 37.5 Å². The molecule has 4 heteroatoms. The molecule has 22 heavy (non-hydrogen) atoms. The predicted octanol–water partition coefficient (Wildman–Crippen LogP) is 3.64. The molecule has 1 aromatic carbocycles. The van der Waals surface area contributed by atoms with Crippen LogP contribution in [0.5, 0.6) is 0 Å². The van der Waals surface area contributed by atoms with Gasteiger partial charge in [-0.3, -0.25) is 4.98 Å². The lowest BCUT2D eigenvalue weighted by Crippen LogP contribution is -2.43. The standard InChI is InChI=1S/C18H25N3.ClH/c1-4-5-15-12-16(21-10-8-19-9-11-21)17-13(2)6-7-14(3)18(17)20-15;/h6-7,12,19H,4-5,8-11H2,1-3H3;1H. The topological polar surface area (TPSA) is 28.2 Å². The van der Waals surface area contributed by atoms with Gasteiger partial charge in [0.2, 0.25) is 0 Å². The van der Waals surface area contributed by atoms with Crippen LogP contribution in [0.15, 0.2) is 18.2 Å². The number of aryl methyl sites for hydroxylation is 3. The van der Waals surface area contributed by atoms with Crippen molar-refractivity contribution in [1.82, 2.24) is 10.3 Å². The molecular weight excluding hydrogens is 294 g/mol. The van der Waals surface area contributed by atoms with E-state index in [1.807, 2.05) is 0 Å². The summed E-state index contributed by atoms with van der Waals surface area (Å²) in [6.45, 7) is 10.9. The van der Waals surface area contributed by atoms with Gasteiger partial charge in [-0.2, -0.15) is 0 Å². The maximum absolute atomic E-state index is 4.94. The van der Waals surface area contributed by atoms with Crippen molar-refractivity contribution < 1.29 is 0 Å². The summed E-state index contributed by atoms with van der Waals surface area (Å²) < 4.78 is 0. The van der Waals surface area contributed by atoms with Crippen LogP contribution in [0.25, 0.3) is 10.9 Å². The van der Waals surface area contributed by atoms with Gasteiger partial charge >= 0.3 is 0 Å². The highest BCUT2D eigenvalue weighted by Crippen LogP contribution is 2.32. The molecule has 0 radical (unpaired) electrons. The van der Waals surface area contributed by atoms with E-state index in [2.05, 4.69) is 49.2 Å². The highest BCUT2D eigenvalue weighted by atomic mass is 35.5. The summed E-state index contributed by atoms with van der Waals surface area (Å²) in [5.41, 5.74) is 6.41. The fourth-order valence-corrected chi connectivity index (χ4v) is 3.21. The van der Waals surface area contributed by atoms with Gasteiger partial charge in [-0.1, -0.05) is 25.5 Å². The largest absolute Gasteiger partial charge is 0.368 e. The van der Waals surface area contributed by atoms with Crippen LogP contribution in [0.3, 0.4) is 0 Å². The Labute approximate surface area is 139 Å². The minimum Gasteiger partial charge on any atom is -0.368 e. The SMILES string of the molecule is CCCc1cc(N2CCNCC2)c2c(C)ccc(C)c2n1.Cl. The molecule has 0 amide bonds. The number of benzene rings is 1. The van der Waals surface area contributed by atoms with Crippen molar-refractivity contribution >= 4 is 29.0 Å². The summed E-state index contributed by atoms with van der Waals surface area (Å²) >= 11 is 0. The van der Waals surface area contributed by atoms with E-state index in [-0.39, 0.29) is 12.4 Å². The number of fused-ring (bicyclic) bond motifs is 1. The third-order valence-electron chi connectivity index (χ3n) is 4.37. The number of aromatic nitrogens is 1. The van der Waals surface area contributed by atoms with Gasteiger partial charge in [0.05, 0.1) is 5.52 Å². The highest BCUT2D eigenvalue weighted by Gasteiger charge is 2.17. The van der Waals surface area contributed by atoms with Gasteiger partial charge in [-0.25, -0.2) is 0 Å². The van der Waals surface area contributed by atoms with Gasteiger partial charge in [0, 0.05) is 42.9 Å². The highest BCUT2D eigenvalue weighted by molar-refractivity contribution is 5.96. The second-order valence-electron chi connectivity index (χ2n) is 6.04. The number of rotatable bonds is 3. The van der Waals surface area contributed by atoms with E-state index < -0.39 is 0 Å². The molecule has 3 nitrogen and oxygen atoms in total. The fourth-order valence-electron chi connectivity index (χ4n) is 3.21. The first kappa shape index (κ1) is 17.0. The van der Waals surface area contributed by atoms with Crippen LogP contribution >= 0.6 is 12.4 Å². The molecule has 1 N–H and O–H groups in total. The van der Waals surface area contributed by atoms with E-state index in [1.165, 1.54) is 33.4 Å². The van der Waals surface area contributed by atoms with Crippen molar-refractivity contribution in [2.24, 2.45) is 0 Å². The van der Waals surface area contributed by atoms with Crippen molar-refractivity contribution in [3.8, 4) is 0 Å². The lowest BCUT2D eigenvalue weighted by atomic mass is 10.0. The summed E-state index contributed by atoms with van der Waals surface area (Å²) in [5.74, 6) is 0. The minimum atomic E-state index is 0. The van der Waals surface area contributed by atoms with Crippen molar-refractivity contribution in [3.63, 3.8) is 0 Å². The van der Waals surface area contributed by atoms with Gasteiger partial charge in [-0.15, -0.1) is 12.4 Å². The molecule has 0 aliphatic carbocycles. The summed E-state index contributed by atoms with van der Waals surface area (Å²) in [4.78, 5) is 7.46. The number of pyridine rings is 1. The molecule has 2 aromatic rings. The molecule has 0 atom stereocenters. The maximum atomic E-state index is 4.94. The summed E-state index contributed by atoms with van der Waals surface area (Å²) in [5, 5.41) is 4.79. The van der Waals surface area contributed by atoms with E-state index in [0.29, 0.717) is 0 Å². The second kappa shape index (κ2) is 7.30. The molecule has 3 rings (SSSR count). The molecule has 0 unspecified atom stereocenters. The lowest BCUT2D eigenvalue weighted by molar-refractivity contribution is 0.590. The quantitative estimate of drug-likeness (QED) is 0.936. The first-order chi connectivity index (χ1) is 10.2. The van der Waals surface area contributed by atoms with Crippen LogP contribution < -0.4 is 10.2 Å². The molecule has 1 aromatic heterocycles. The number of nitrogens with one attached hydrogen (secondary N) is 1.